The molecule has 0 unspecified atom stereocenters. The summed E-state index contributed by atoms with van der Waals surface area (Å²) in [4.78, 5) is 3.49. The van der Waals surface area contributed by atoms with Crippen LogP contribution in [0.2, 0.25) is 0 Å². The lowest BCUT2D eigenvalue weighted by Gasteiger charge is -2.04. The second-order valence-electron chi connectivity index (χ2n) is 5.73. The van der Waals surface area contributed by atoms with E-state index in [1.54, 1.807) is 0 Å². The fourth-order valence-electron chi connectivity index (χ4n) is 2.13. The van der Waals surface area contributed by atoms with Gasteiger partial charge >= 0.3 is 0 Å². The summed E-state index contributed by atoms with van der Waals surface area (Å²) in [5.74, 6) is 1.35. The molecule has 1 heteroatoms. The summed E-state index contributed by atoms with van der Waals surface area (Å²) in [7, 11) is 0. The summed E-state index contributed by atoms with van der Waals surface area (Å²) >= 11 is 0. The fraction of sp³-hybridized carbons (Fsp3) is 0.500. The Morgan fingerprint density at radius 1 is 1.06 bits per heavy atom. The summed E-state index contributed by atoms with van der Waals surface area (Å²) in [6.07, 6.45) is 2.46. The molecule has 1 aromatic heterocycles. The van der Waals surface area contributed by atoms with Gasteiger partial charge in [0.1, 0.15) is 0 Å². The number of benzene rings is 1. The molecule has 0 spiro atoms. The SMILES string of the molecule is CC(C)CCc1ccc2[nH]c(C(C)C)cc2c1. The maximum atomic E-state index is 3.49. The molecule has 0 atom stereocenters. The summed E-state index contributed by atoms with van der Waals surface area (Å²) in [5, 5.41) is 1.36. The van der Waals surface area contributed by atoms with Gasteiger partial charge in [-0.1, -0.05) is 33.8 Å². The Labute approximate surface area is 104 Å². The van der Waals surface area contributed by atoms with Crippen LogP contribution in [0.4, 0.5) is 0 Å². The van der Waals surface area contributed by atoms with Gasteiger partial charge < -0.3 is 4.98 Å². The van der Waals surface area contributed by atoms with Crippen molar-refractivity contribution in [3.63, 3.8) is 0 Å². The lowest BCUT2D eigenvalue weighted by molar-refractivity contribution is 0.587. The first-order chi connectivity index (χ1) is 8.06. The number of aromatic amines is 1. The summed E-state index contributed by atoms with van der Waals surface area (Å²) in [6.45, 7) is 9.02. The van der Waals surface area contributed by atoms with Crippen LogP contribution in [0, 0.1) is 5.92 Å². The normalized spacial score (nSPS) is 11.9. The van der Waals surface area contributed by atoms with Gasteiger partial charge in [-0.25, -0.2) is 0 Å². The number of hydrogen-bond donors (Lipinski definition) is 1. The molecule has 0 amide bonds. The van der Waals surface area contributed by atoms with Crippen molar-refractivity contribution in [2.75, 3.05) is 0 Å². The molecule has 1 aromatic carbocycles. The van der Waals surface area contributed by atoms with Gasteiger partial charge in [0.25, 0.3) is 0 Å². The maximum Gasteiger partial charge on any atom is 0.0456 e. The predicted octanol–water partition coefficient (Wildman–Crippen LogP) is 4.88. The first-order valence-electron chi connectivity index (χ1n) is 6.68. The van der Waals surface area contributed by atoms with Gasteiger partial charge in [-0.2, -0.15) is 0 Å². The average molecular weight is 229 g/mol. The molecule has 0 aliphatic carbocycles. The minimum atomic E-state index is 0.571. The molecule has 0 radical (unpaired) electrons. The molecule has 0 saturated heterocycles. The number of aromatic nitrogens is 1. The van der Waals surface area contributed by atoms with Gasteiger partial charge in [0, 0.05) is 11.2 Å². The van der Waals surface area contributed by atoms with Gasteiger partial charge in [0.2, 0.25) is 0 Å². The lowest BCUT2D eigenvalue weighted by Crippen LogP contribution is -1.91. The van der Waals surface area contributed by atoms with E-state index >= 15 is 0 Å². The molecular formula is C16H23N. The second-order valence-corrected chi connectivity index (χ2v) is 5.73. The van der Waals surface area contributed by atoms with Crippen LogP contribution in [0.15, 0.2) is 24.3 Å². The molecule has 0 bridgehead atoms. The minimum Gasteiger partial charge on any atom is -0.358 e. The number of fused-ring (bicyclic) bond motifs is 1. The average Bonchev–Trinajstić information content (AvgIpc) is 2.69. The Hall–Kier alpha value is -1.24. The minimum absolute atomic E-state index is 0.571. The molecule has 1 heterocycles. The molecule has 1 nitrogen and oxygen atoms in total. The smallest absolute Gasteiger partial charge is 0.0456 e. The van der Waals surface area contributed by atoms with E-state index in [0.29, 0.717) is 5.92 Å². The molecule has 17 heavy (non-hydrogen) atoms. The Kier molecular flexibility index (Phi) is 3.56. The van der Waals surface area contributed by atoms with Crippen molar-refractivity contribution >= 4 is 10.9 Å². The first-order valence-corrected chi connectivity index (χ1v) is 6.68. The summed E-state index contributed by atoms with van der Waals surface area (Å²) in [6, 6.07) is 9.10. The van der Waals surface area contributed by atoms with E-state index in [9.17, 15) is 0 Å². The zero-order valence-corrected chi connectivity index (χ0v) is 11.4. The zero-order valence-electron chi connectivity index (χ0n) is 11.4. The Morgan fingerprint density at radius 2 is 1.82 bits per heavy atom. The molecule has 0 aliphatic heterocycles. The highest BCUT2D eigenvalue weighted by Gasteiger charge is 2.05. The highest BCUT2D eigenvalue weighted by molar-refractivity contribution is 5.81. The van der Waals surface area contributed by atoms with Crippen molar-refractivity contribution in [1.82, 2.24) is 4.98 Å². The molecule has 1 N–H and O–H groups in total. The number of hydrogen-bond acceptors (Lipinski definition) is 0. The van der Waals surface area contributed by atoms with Gasteiger partial charge in [-0.3, -0.25) is 0 Å². The molecule has 0 aliphatic rings. The van der Waals surface area contributed by atoms with Crippen LogP contribution < -0.4 is 0 Å². The molecular weight excluding hydrogens is 206 g/mol. The van der Waals surface area contributed by atoms with Crippen LogP contribution >= 0.6 is 0 Å². The maximum absolute atomic E-state index is 3.49. The van der Waals surface area contributed by atoms with Crippen molar-refractivity contribution in [2.45, 2.75) is 46.5 Å². The molecule has 2 aromatic rings. The first kappa shape index (κ1) is 12.2. The van der Waals surface area contributed by atoms with E-state index in [4.69, 9.17) is 0 Å². The van der Waals surface area contributed by atoms with Crippen LogP contribution in [0.25, 0.3) is 10.9 Å². The standard InChI is InChI=1S/C16H23N/c1-11(2)5-6-13-7-8-15-14(9-13)10-16(17-15)12(3)4/h7-12,17H,5-6H2,1-4H3. The van der Waals surface area contributed by atoms with Crippen LogP contribution in [-0.4, -0.2) is 4.98 Å². The van der Waals surface area contributed by atoms with Crippen LogP contribution in [-0.2, 0) is 6.42 Å². The Morgan fingerprint density at radius 3 is 2.47 bits per heavy atom. The van der Waals surface area contributed by atoms with Crippen LogP contribution in [0.5, 0.6) is 0 Å². The Balaban J connectivity index is 2.24. The summed E-state index contributed by atoms with van der Waals surface area (Å²) < 4.78 is 0. The van der Waals surface area contributed by atoms with Crippen molar-refractivity contribution in [2.24, 2.45) is 5.92 Å². The van der Waals surface area contributed by atoms with E-state index in [1.807, 2.05) is 0 Å². The van der Waals surface area contributed by atoms with Gasteiger partial charge in [-0.05, 0) is 53.8 Å². The highest BCUT2D eigenvalue weighted by atomic mass is 14.7. The third-order valence-electron chi connectivity index (χ3n) is 3.34. The van der Waals surface area contributed by atoms with E-state index in [2.05, 4.69) is 56.9 Å². The summed E-state index contributed by atoms with van der Waals surface area (Å²) in [5.41, 5.74) is 4.06. The zero-order chi connectivity index (χ0) is 12.4. The molecule has 2 rings (SSSR count). The van der Waals surface area contributed by atoms with Crippen molar-refractivity contribution < 1.29 is 0 Å². The fourth-order valence-corrected chi connectivity index (χ4v) is 2.13. The van der Waals surface area contributed by atoms with Gasteiger partial charge in [-0.15, -0.1) is 0 Å². The third-order valence-corrected chi connectivity index (χ3v) is 3.34. The molecule has 0 fully saturated rings. The monoisotopic (exact) mass is 229 g/mol. The largest absolute Gasteiger partial charge is 0.358 e. The predicted molar refractivity (Wildman–Crippen MR) is 75.5 cm³/mol. The van der Waals surface area contributed by atoms with Crippen molar-refractivity contribution in [3.8, 4) is 0 Å². The van der Waals surface area contributed by atoms with Crippen molar-refractivity contribution in [3.05, 3.63) is 35.5 Å². The van der Waals surface area contributed by atoms with E-state index in [-0.39, 0.29) is 0 Å². The quantitative estimate of drug-likeness (QED) is 0.769. The number of aryl methyl sites for hydroxylation is 1. The number of H-pyrrole nitrogens is 1. The highest BCUT2D eigenvalue weighted by Crippen LogP contribution is 2.22. The van der Waals surface area contributed by atoms with Gasteiger partial charge in [0.05, 0.1) is 0 Å². The number of nitrogens with one attached hydrogen (secondary N) is 1. The van der Waals surface area contributed by atoms with Crippen LogP contribution in [0.3, 0.4) is 0 Å². The molecule has 0 saturated carbocycles. The van der Waals surface area contributed by atoms with E-state index in [1.165, 1.54) is 35.0 Å². The topological polar surface area (TPSA) is 15.8 Å². The van der Waals surface area contributed by atoms with Crippen molar-refractivity contribution in [1.29, 1.82) is 0 Å². The van der Waals surface area contributed by atoms with E-state index < -0.39 is 0 Å². The van der Waals surface area contributed by atoms with Crippen LogP contribution in [0.1, 0.15) is 51.3 Å². The van der Waals surface area contributed by atoms with E-state index in [0.717, 1.165) is 5.92 Å². The lowest BCUT2D eigenvalue weighted by atomic mass is 10.0. The molecule has 92 valence electrons. The second kappa shape index (κ2) is 4.95. The van der Waals surface area contributed by atoms with Gasteiger partial charge in [0.15, 0.2) is 0 Å². The Bertz CT molecular complexity index is 491. The third kappa shape index (κ3) is 2.91. The number of rotatable bonds is 4.